The van der Waals surface area contributed by atoms with E-state index in [9.17, 15) is 9.59 Å². The minimum Gasteiger partial charge on any atom is -0.339 e. The Kier molecular flexibility index (Phi) is 3.83. The monoisotopic (exact) mass is 318 g/mol. The molecule has 1 aliphatic rings. The third-order valence-electron chi connectivity index (χ3n) is 4.42. The second-order valence-corrected chi connectivity index (χ2v) is 5.86. The molecule has 0 atom stereocenters. The fraction of sp³-hybridized carbons (Fsp3) is 0.600. The zero-order valence-corrected chi connectivity index (χ0v) is 14.0. The van der Waals surface area contributed by atoms with Gasteiger partial charge in [-0.15, -0.1) is 0 Å². The van der Waals surface area contributed by atoms with E-state index in [4.69, 9.17) is 4.98 Å². The van der Waals surface area contributed by atoms with Crippen LogP contribution in [0.2, 0.25) is 0 Å². The van der Waals surface area contributed by atoms with Gasteiger partial charge in [-0.05, 0) is 13.8 Å². The molecule has 0 unspecified atom stereocenters. The van der Waals surface area contributed by atoms with Crippen LogP contribution in [0.25, 0.3) is 11.0 Å². The molecule has 23 heavy (non-hydrogen) atoms. The summed E-state index contributed by atoms with van der Waals surface area (Å²) < 4.78 is 3.29. The fourth-order valence-corrected chi connectivity index (χ4v) is 3.15. The van der Waals surface area contributed by atoms with Crippen LogP contribution >= 0.6 is 0 Å². The molecule has 2 aromatic rings. The molecule has 124 valence electrons. The lowest BCUT2D eigenvalue weighted by atomic mass is 10.3. The van der Waals surface area contributed by atoms with Gasteiger partial charge < -0.3 is 9.80 Å². The number of hydrogen-bond acceptors (Lipinski definition) is 5. The van der Waals surface area contributed by atoms with Crippen molar-refractivity contribution in [2.75, 3.05) is 31.1 Å². The second-order valence-electron chi connectivity index (χ2n) is 5.86. The summed E-state index contributed by atoms with van der Waals surface area (Å²) in [7, 11) is 1.77. The quantitative estimate of drug-likeness (QED) is 0.786. The van der Waals surface area contributed by atoms with E-state index >= 15 is 0 Å². The highest BCUT2D eigenvalue weighted by atomic mass is 16.2. The Morgan fingerprint density at radius 3 is 2.43 bits per heavy atom. The molecule has 3 heterocycles. The lowest BCUT2D eigenvalue weighted by Crippen LogP contribution is -2.49. The highest BCUT2D eigenvalue weighted by Crippen LogP contribution is 2.18. The molecular weight excluding hydrogens is 296 g/mol. The van der Waals surface area contributed by atoms with Crippen LogP contribution < -0.4 is 10.5 Å². The van der Waals surface area contributed by atoms with Crippen LogP contribution in [-0.2, 0) is 18.4 Å². The van der Waals surface area contributed by atoms with Crippen LogP contribution in [0.15, 0.2) is 4.79 Å². The Labute approximate surface area is 134 Å². The SMILES string of the molecule is CCn1c(N2CCN(C(C)=O)CC2)nc2c(C)nn(C)c2c1=O. The largest absolute Gasteiger partial charge is 0.339 e. The van der Waals surface area contributed by atoms with E-state index in [-0.39, 0.29) is 11.5 Å². The van der Waals surface area contributed by atoms with Crippen molar-refractivity contribution in [3.05, 3.63) is 16.0 Å². The third kappa shape index (κ3) is 2.47. The maximum absolute atomic E-state index is 12.8. The van der Waals surface area contributed by atoms with Gasteiger partial charge in [-0.25, -0.2) is 4.98 Å². The predicted octanol–water partition coefficient (Wildman–Crippen LogP) is 0.127. The molecule has 0 bridgehead atoms. The molecule has 8 heteroatoms. The lowest BCUT2D eigenvalue weighted by Gasteiger charge is -2.35. The van der Waals surface area contributed by atoms with Crippen LogP contribution in [0.1, 0.15) is 19.5 Å². The van der Waals surface area contributed by atoms with E-state index in [0.29, 0.717) is 49.7 Å². The van der Waals surface area contributed by atoms with Crippen LogP contribution in [0.5, 0.6) is 0 Å². The van der Waals surface area contributed by atoms with Gasteiger partial charge in [-0.3, -0.25) is 18.8 Å². The van der Waals surface area contributed by atoms with Gasteiger partial charge in [0.25, 0.3) is 5.56 Å². The van der Waals surface area contributed by atoms with Gasteiger partial charge in [0, 0.05) is 46.7 Å². The summed E-state index contributed by atoms with van der Waals surface area (Å²) in [6.07, 6.45) is 0. The molecule has 3 rings (SSSR count). The van der Waals surface area contributed by atoms with Crippen LogP contribution in [0, 0.1) is 6.92 Å². The zero-order chi connectivity index (χ0) is 16.7. The maximum atomic E-state index is 12.8. The summed E-state index contributed by atoms with van der Waals surface area (Å²) in [5, 5.41) is 4.32. The molecule has 1 aliphatic heterocycles. The van der Waals surface area contributed by atoms with E-state index in [1.165, 1.54) is 0 Å². The number of carbonyl (C=O) groups excluding carboxylic acids is 1. The van der Waals surface area contributed by atoms with Crippen molar-refractivity contribution in [2.24, 2.45) is 7.05 Å². The Balaban J connectivity index is 2.06. The number of fused-ring (bicyclic) bond motifs is 1. The van der Waals surface area contributed by atoms with Gasteiger partial charge >= 0.3 is 0 Å². The standard InChI is InChI=1S/C15H22N6O2/c1-5-21-14(23)13-12(10(2)17-18(13)4)16-15(21)20-8-6-19(7-9-20)11(3)22/h5-9H2,1-4H3. The van der Waals surface area contributed by atoms with Crippen molar-refractivity contribution < 1.29 is 4.79 Å². The molecule has 8 nitrogen and oxygen atoms in total. The molecule has 0 aromatic carbocycles. The summed E-state index contributed by atoms with van der Waals surface area (Å²) in [5.41, 5.74) is 1.89. The smallest absolute Gasteiger partial charge is 0.281 e. The van der Waals surface area contributed by atoms with Crippen molar-refractivity contribution in [3.63, 3.8) is 0 Å². The van der Waals surface area contributed by atoms with Gasteiger partial charge in [0.05, 0.1) is 5.69 Å². The number of aromatic nitrogens is 4. The van der Waals surface area contributed by atoms with Gasteiger partial charge in [-0.1, -0.05) is 0 Å². The fourth-order valence-electron chi connectivity index (χ4n) is 3.15. The minimum absolute atomic E-state index is 0.0652. The average Bonchev–Trinajstić information content (AvgIpc) is 2.82. The highest BCUT2D eigenvalue weighted by molar-refractivity contribution is 5.78. The van der Waals surface area contributed by atoms with E-state index in [0.717, 1.165) is 5.69 Å². The number of carbonyl (C=O) groups is 1. The van der Waals surface area contributed by atoms with Crippen LogP contribution in [-0.4, -0.2) is 56.3 Å². The van der Waals surface area contributed by atoms with E-state index in [1.54, 1.807) is 23.2 Å². The summed E-state index contributed by atoms with van der Waals surface area (Å²) in [5.74, 6) is 0.758. The lowest BCUT2D eigenvalue weighted by molar-refractivity contribution is -0.129. The topological polar surface area (TPSA) is 76.3 Å². The van der Waals surface area contributed by atoms with Crippen LogP contribution in [0.4, 0.5) is 5.95 Å². The first kappa shape index (κ1) is 15.5. The van der Waals surface area contributed by atoms with Crippen molar-refractivity contribution in [2.45, 2.75) is 27.3 Å². The summed E-state index contributed by atoms with van der Waals surface area (Å²) in [6.45, 7) is 8.59. The third-order valence-corrected chi connectivity index (χ3v) is 4.42. The van der Waals surface area contributed by atoms with Gasteiger partial charge in [0.2, 0.25) is 11.9 Å². The zero-order valence-electron chi connectivity index (χ0n) is 14.0. The van der Waals surface area contributed by atoms with E-state index in [1.807, 2.05) is 18.7 Å². The summed E-state index contributed by atoms with van der Waals surface area (Å²) in [6, 6.07) is 0. The Hall–Kier alpha value is -2.38. The number of piperazine rings is 1. The first-order valence-electron chi connectivity index (χ1n) is 7.88. The maximum Gasteiger partial charge on any atom is 0.281 e. The van der Waals surface area contributed by atoms with Gasteiger partial charge in [0.15, 0.2) is 5.52 Å². The molecule has 1 saturated heterocycles. The second kappa shape index (κ2) is 5.68. The Bertz CT molecular complexity index is 813. The molecule has 2 aromatic heterocycles. The normalized spacial score (nSPS) is 15.5. The Morgan fingerprint density at radius 2 is 1.87 bits per heavy atom. The van der Waals surface area contributed by atoms with E-state index < -0.39 is 0 Å². The molecule has 0 aliphatic carbocycles. The number of anilines is 1. The van der Waals surface area contributed by atoms with Gasteiger partial charge in [-0.2, -0.15) is 5.10 Å². The molecule has 0 radical (unpaired) electrons. The van der Waals surface area contributed by atoms with Crippen molar-refractivity contribution in [1.82, 2.24) is 24.2 Å². The predicted molar refractivity (Wildman–Crippen MR) is 87.6 cm³/mol. The molecule has 1 fully saturated rings. The van der Waals surface area contributed by atoms with Gasteiger partial charge in [0.1, 0.15) is 5.52 Å². The molecule has 0 saturated carbocycles. The van der Waals surface area contributed by atoms with Crippen molar-refractivity contribution >= 4 is 22.9 Å². The van der Waals surface area contributed by atoms with Crippen molar-refractivity contribution in [1.29, 1.82) is 0 Å². The molecular formula is C15H22N6O2. The first-order valence-corrected chi connectivity index (χ1v) is 7.88. The summed E-state index contributed by atoms with van der Waals surface area (Å²) >= 11 is 0. The van der Waals surface area contributed by atoms with Crippen LogP contribution in [0.3, 0.4) is 0 Å². The number of rotatable bonds is 2. The highest BCUT2D eigenvalue weighted by Gasteiger charge is 2.24. The average molecular weight is 318 g/mol. The Morgan fingerprint density at radius 1 is 1.22 bits per heavy atom. The first-order chi connectivity index (χ1) is 10.9. The summed E-state index contributed by atoms with van der Waals surface area (Å²) in [4.78, 5) is 32.9. The number of aryl methyl sites for hydroxylation is 2. The number of amides is 1. The minimum atomic E-state index is -0.0652. The molecule has 0 spiro atoms. The van der Waals surface area contributed by atoms with Crippen molar-refractivity contribution in [3.8, 4) is 0 Å². The molecule has 1 amide bonds. The van der Waals surface area contributed by atoms with E-state index in [2.05, 4.69) is 10.00 Å². The number of hydrogen-bond donors (Lipinski definition) is 0. The number of nitrogens with zero attached hydrogens (tertiary/aromatic N) is 6. The molecule has 0 N–H and O–H groups in total.